The van der Waals surface area contributed by atoms with E-state index in [9.17, 15) is 9.59 Å². The number of imide groups is 1. The summed E-state index contributed by atoms with van der Waals surface area (Å²) in [5.74, 6) is -1.15. The first-order valence-corrected chi connectivity index (χ1v) is 11.2. The van der Waals surface area contributed by atoms with Gasteiger partial charge in [0, 0.05) is 16.9 Å². The van der Waals surface area contributed by atoms with E-state index in [1.54, 1.807) is 24.3 Å². The van der Waals surface area contributed by atoms with Crippen molar-refractivity contribution in [3.63, 3.8) is 0 Å². The van der Waals surface area contributed by atoms with E-state index >= 15 is 0 Å². The van der Waals surface area contributed by atoms with Crippen molar-refractivity contribution in [2.24, 2.45) is 23.7 Å². The highest BCUT2D eigenvalue weighted by Gasteiger charge is 2.62. The van der Waals surface area contributed by atoms with Gasteiger partial charge < -0.3 is 0 Å². The van der Waals surface area contributed by atoms with Gasteiger partial charge in [0.25, 0.3) is 0 Å². The van der Waals surface area contributed by atoms with Crippen LogP contribution in [-0.4, -0.2) is 11.8 Å². The molecular formula is C28H20ClNO2. The Labute approximate surface area is 191 Å². The Kier molecular flexibility index (Phi) is 4.41. The van der Waals surface area contributed by atoms with E-state index < -0.39 is 0 Å². The lowest BCUT2D eigenvalue weighted by atomic mass is 9.85. The number of rotatable bonds is 3. The number of benzene rings is 3. The Hall–Kier alpha value is -3.43. The van der Waals surface area contributed by atoms with Gasteiger partial charge in [0.1, 0.15) is 0 Å². The van der Waals surface area contributed by atoms with Crippen molar-refractivity contribution in [2.45, 2.75) is 0 Å². The summed E-state index contributed by atoms with van der Waals surface area (Å²) in [6.45, 7) is 0. The number of anilines is 1. The second kappa shape index (κ2) is 7.32. The monoisotopic (exact) mass is 437 g/mol. The molecule has 0 N–H and O–H groups in total. The van der Waals surface area contributed by atoms with Crippen LogP contribution in [0.2, 0.25) is 5.02 Å². The molecule has 1 saturated carbocycles. The second-order valence-corrected chi connectivity index (χ2v) is 8.98. The van der Waals surface area contributed by atoms with Crippen LogP contribution in [-0.2, 0) is 9.59 Å². The molecule has 0 unspecified atom stereocenters. The molecule has 2 bridgehead atoms. The Morgan fingerprint density at radius 1 is 0.688 bits per heavy atom. The van der Waals surface area contributed by atoms with Gasteiger partial charge in [0.15, 0.2) is 0 Å². The molecule has 2 fully saturated rings. The normalized spacial score (nSPS) is 25.5. The summed E-state index contributed by atoms with van der Waals surface area (Å²) in [6.07, 6.45) is 4.25. The van der Waals surface area contributed by atoms with Crippen molar-refractivity contribution in [2.75, 3.05) is 4.90 Å². The van der Waals surface area contributed by atoms with E-state index in [-0.39, 0.29) is 35.5 Å². The molecule has 3 aromatic rings. The standard InChI is InChI=1S/C28H20ClNO2/c29-19-12-7-13-20(16-19)30-27(31)25-21-14-15-22(26(25)28(30)32)24(21)23(17-8-3-1-4-9-17)18-10-5-2-6-11-18/h1-16,21-22,25-26H/t21-,22-,25-,26+/m0/s1. The van der Waals surface area contributed by atoms with Crippen molar-refractivity contribution in [3.05, 3.63) is 119 Å². The molecule has 4 atom stereocenters. The summed E-state index contributed by atoms with van der Waals surface area (Å²) in [7, 11) is 0. The zero-order valence-corrected chi connectivity index (χ0v) is 17.9. The van der Waals surface area contributed by atoms with Gasteiger partial charge in [-0.3, -0.25) is 9.59 Å². The second-order valence-electron chi connectivity index (χ2n) is 8.54. The first-order valence-electron chi connectivity index (χ1n) is 10.8. The molecule has 1 saturated heterocycles. The summed E-state index contributed by atoms with van der Waals surface area (Å²) >= 11 is 6.14. The fraction of sp³-hybridized carbons (Fsp3) is 0.143. The van der Waals surface area contributed by atoms with Crippen molar-refractivity contribution in [1.82, 2.24) is 0 Å². The zero-order valence-electron chi connectivity index (χ0n) is 17.2. The van der Waals surface area contributed by atoms with E-state index in [2.05, 4.69) is 36.4 Å². The van der Waals surface area contributed by atoms with Crippen LogP contribution >= 0.6 is 11.6 Å². The summed E-state index contributed by atoms with van der Waals surface area (Å²) in [4.78, 5) is 28.4. The Morgan fingerprint density at radius 2 is 1.22 bits per heavy atom. The van der Waals surface area contributed by atoms with E-state index in [1.807, 2.05) is 36.4 Å². The number of halogens is 1. The van der Waals surface area contributed by atoms with Crippen LogP contribution in [0.3, 0.4) is 0 Å². The molecule has 6 rings (SSSR count). The quantitative estimate of drug-likeness (QED) is 0.385. The van der Waals surface area contributed by atoms with E-state index in [1.165, 1.54) is 10.5 Å². The summed E-state index contributed by atoms with van der Waals surface area (Å²) in [5.41, 5.74) is 5.09. The predicted octanol–water partition coefficient (Wildman–Crippen LogP) is 5.76. The average Bonchev–Trinajstić information content (AvgIpc) is 3.45. The van der Waals surface area contributed by atoms with Crippen LogP contribution in [0.25, 0.3) is 5.57 Å². The summed E-state index contributed by atoms with van der Waals surface area (Å²) in [6, 6.07) is 27.5. The number of hydrogen-bond donors (Lipinski definition) is 0. The minimum absolute atomic E-state index is 0.0824. The smallest absolute Gasteiger partial charge is 0.238 e. The summed E-state index contributed by atoms with van der Waals surface area (Å²) < 4.78 is 0. The van der Waals surface area contributed by atoms with E-state index in [0.717, 1.165) is 16.7 Å². The van der Waals surface area contributed by atoms with Gasteiger partial charge in [-0.1, -0.05) is 90.5 Å². The van der Waals surface area contributed by atoms with Crippen molar-refractivity contribution in [3.8, 4) is 0 Å². The van der Waals surface area contributed by atoms with Gasteiger partial charge in [-0.05, 0) is 40.5 Å². The van der Waals surface area contributed by atoms with Gasteiger partial charge in [-0.2, -0.15) is 0 Å². The molecular weight excluding hydrogens is 418 g/mol. The van der Waals surface area contributed by atoms with E-state index in [0.29, 0.717) is 10.7 Å². The van der Waals surface area contributed by atoms with Crippen molar-refractivity contribution in [1.29, 1.82) is 0 Å². The largest absolute Gasteiger partial charge is 0.274 e. The fourth-order valence-electron chi connectivity index (χ4n) is 5.68. The number of carbonyl (C=O) groups excluding carboxylic acids is 2. The van der Waals surface area contributed by atoms with Crippen LogP contribution in [0.4, 0.5) is 5.69 Å². The highest BCUT2D eigenvalue weighted by Crippen LogP contribution is 2.58. The van der Waals surface area contributed by atoms with Crippen molar-refractivity contribution >= 4 is 34.7 Å². The first kappa shape index (κ1) is 19.3. The van der Waals surface area contributed by atoms with Gasteiger partial charge in [0.2, 0.25) is 11.8 Å². The number of hydrogen-bond acceptors (Lipinski definition) is 2. The Bertz CT molecular complexity index is 1220. The molecule has 3 aromatic carbocycles. The van der Waals surface area contributed by atoms with Gasteiger partial charge in [-0.15, -0.1) is 0 Å². The lowest BCUT2D eigenvalue weighted by Gasteiger charge is -2.21. The average molecular weight is 438 g/mol. The molecule has 3 nitrogen and oxygen atoms in total. The maximum Gasteiger partial charge on any atom is 0.238 e. The lowest BCUT2D eigenvalue weighted by Crippen LogP contribution is -2.33. The molecule has 4 heteroatoms. The number of fused-ring (bicyclic) bond motifs is 5. The van der Waals surface area contributed by atoms with Gasteiger partial charge in [0.05, 0.1) is 17.5 Å². The van der Waals surface area contributed by atoms with Crippen molar-refractivity contribution < 1.29 is 9.59 Å². The highest BCUT2D eigenvalue weighted by atomic mass is 35.5. The Morgan fingerprint density at radius 3 is 1.72 bits per heavy atom. The topological polar surface area (TPSA) is 37.4 Å². The van der Waals surface area contributed by atoms with Gasteiger partial charge >= 0.3 is 0 Å². The van der Waals surface area contributed by atoms with Crippen LogP contribution in [0.15, 0.2) is 103 Å². The first-order chi connectivity index (χ1) is 15.6. The van der Waals surface area contributed by atoms with E-state index in [4.69, 9.17) is 11.6 Å². The van der Waals surface area contributed by atoms with Crippen LogP contribution < -0.4 is 4.90 Å². The van der Waals surface area contributed by atoms with Crippen LogP contribution in [0, 0.1) is 23.7 Å². The molecule has 1 aliphatic heterocycles. The summed E-state index contributed by atoms with van der Waals surface area (Å²) in [5, 5.41) is 0.511. The molecule has 156 valence electrons. The maximum absolute atomic E-state index is 13.5. The minimum Gasteiger partial charge on any atom is -0.274 e. The number of carbonyl (C=O) groups is 2. The third kappa shape index (κ3) is 2.74. The SMILES string of the molecule is O=C1[C@@H]2[C@H](C(=O)N1c1cccc(Cl)c1)[C@H]1C=C[C@H]2C1=C(c1ccccc1)c1ccccc1. The third-order valence-corrected chi connectivity index (χ3v) is 7.13. The van der Waals surface area contributed by atoms with Crippen LogP contribution in [0.1, 0.15) is 11.1 Å². The molecule has 1 heterocycles. The zero-order chi connectivity index (χ0) is 21.8. The Balaban J connectivity index is 1.49. The fourth-order valence-corrected chi connectivity index (χ4v) is 5.86. The molecule has 0 aromatic heterocycles. The van der Waals surface area contributed by atoms with Crippen LogP contribution in [0.5, 0.6) is 0 Å². The highest BCUT2D eigenvalue weighted by molar-refractivity contribution is 6.31. The maximum atomic E-state index is 13.5. The van der Waals surface area contributed by atoms with Gasteiger partial charge in [-0.25, -0.2) is 4.90 Å². The minimum atomic E-state index is -0.367. The predicted molar refractivity (Wildman–Crippen MR) is 126 cm³/mol. The molecule has 0 radical (unpaired) electrons. The lowest BCUT2D eigenvalue weighted by molar-refractivity contribution is -0.122. The number of amides is 2. The third-order valence-electron chi connectivity index (χ3n) is 6.90. The molecule has 0 spiro atoms. The molecule has 3 aliphatic rings. The molecule has 32 heavy (non-hydrogen) atoms. The number of allylic oxidation sites excluding steroid dienone is 3. The molecule has 2 aliphatic carbocycles. The molecule has 2 amide bonds. The number of nitrogens with zero attached hydrogens (tertiary/aromatic N) is 1.